The van der Waals surface area contributed by atoms with Crippen LogP contribution in [-0.2, 0) is 10.0 Å². The highest BCUT2D eigenvalue weighted by atomic mass is 28.2. The lowest BCUT2D eigenvalue weighted by Gasteiger charge is -2.28. The van der Waals surface area contributed by atoms with E-state index in [1.54, 1.807) is 0 Å². The molecule has 0 saturated heterocycles. The van der Waals surface area contributed by atoms with Gasteiger partial charge in [0.2, 0.25) is 0 Å². The first-order valence-electron chi connectivity index (χ1n) is 5.44. The highest BCUT2D eigenvalue weighted by molar-refractivity contribution is 6.31. The molecule has 1 rings (SSSR count). The van der Waals surface area contributed by atoms with E-state index in [1.807, 2.05) is 13.8 Å². The Morgan fingerprint density at radius 1 is 1.25 bits per heavy atom. The molecular formula is C12H20O3Si. The normalized spacial score (nSPS) is 13.6. The van der Waals surface area contributed by atoms with E-state index < -0.39 is 15.4 Å². The molecule has 1 aromatic heterocycles. The Bertz CT molecular complexity index is 401. The van der Waals surface area contributed by atoms with E-state index in [2.05, 4.69) is 20.8 Å². The lowest BCUT2D eigenvalue weighted by molar-refractivity contribution is 0.0807. The fraction of sp³-hybridized carbons (Fsp3) is 0.583. The molecule has 16 heavy (non-hydrogen) atoms. The van der Waals surface area contributed by atoms with Gasteiger partial charge in [-0.25, -0.2) is 0 Å². The minimum absolute atomic E-state index is 0.0460. The van der Waals surface area contributed by atoms with Gasteiger partial charge in [0.05, 0.1) is 6.26 Å². The smallest absolute Gasteiger partial charge is 0.185 e. The van der Waals surface area contributed by atoms with Crippen LogP contribution < -0.4 is 5.43 Å². The van der Waals surface area contributed by atoms with Crippen LogP contribution in [0.3, 0.4) is 0 Å². The fourth-order valence-corrected chi connectivity index (χ4v) is 2.11. The summed E-state index contributed by atoms with van der Waals surface area (Å²) < 4.78 is 11.3. The number of rotatable bonds is 3. The molecule has 1 aromatic rings. The van der Waals surface area contributed by atoms with Gasteiger partial charge in [-0.05, 0) is 18.9 Å². The molecule has 90 valence electrons. The quantitative estimate of drug-likeness (QED) is 0.760. The van der Waals surface area contributed by atoms with Crippen molar-refractivity contribution in [1.29, 1.82) is 0 Å². The first-order valence-corrected chi connectivity index (χ1v) is 6.72. The summed E-state index contributed by atoms with van der Waals surface area (Å²) in [4.78, 5) is 11.2. The van der Waals surface area contributed by atoms with Crippen LogP contribution in [-0.4, -0.2) is 9.76 Å². The summed E-state index contributed by atoms with van der Waals surface area (Å²) in [6.07, 6.45) is 1.42. The van der Waals surface area contributed by atoms with Crippen molar-refractivity contribution < 1.29 is 8.84 Å². The number of hydrogen-bond donors (Lipinski definition) is 0. The van der Waals surface area contributed by atoms with Crippen LogP contribution in [0.2, 0.25) is 5.04 Å². The molecule has 0 saturated carbocycles. The van der Waals surface area contributed by atoms with Gasteiger partial charge in [-0.3, -0.25) is 4.79 Å². The third-order valence-corrected chi connectivity index (χ3v) is 3.89. The first kappa shape index (κ1) is 13.2. The molecule has 0 radical (unpaired) electrons. The van der Waals surface area contributed by atoms with Crippen molar-refractivity contribution in [3.8, 4) is 0 Å². The van der Waals surface area contributed by atoms with Crippen LogP contribution in [0.1, 0.15) is 40.4 Å². The van der Waals surface area contributed by atoms with Crippen molar-refractivity contribution in [3.63, 3.8) is 0 Å². The largest absolute Gasteiger partial charge is 0.466 e. The van der Waals surface area contributed by atoms with Crippen molar-refractivity contribution in [2.75, 3.05) is 0 Å². The second kappa shape index (κ2) is 4.55. The third-order valence-electron chi connectivity index (χ3n) is 2.16. The minimum atomic E-state index is -0.673. The first-order chi connectivity index (χ1) is 7.21. The average Bonchev–Trinajstić information content (AvgIpc) is 2.14. The van der Waals surface area contributed by atoms with E-state index in [1.165, 1.54) is 18.4 Å². The van der Waals surface area contributed by atoms with Crippen molar-refractivity contribution in [1.82, 2.24) is 0 Å². The Hall–Kier alpha value is -0.873. The molecular weight excluding hydrogens is 220 g/mol. The SMILES string of the molecule is CC(C)(C)[SiH2]OC(C)(C)c1cc(=O)cco1. The molecule has 0 atom stereocenters. The second-order valence-electron chi connectivity index (χ2n) is 5.69. The van der Waals surface area contributed by atoms with Gasteiger partial charge in [0.15, 0.2) is 15.2 Å². The van der Waals surface area contributed by atoms with Crippen LogP contribution in [0.15, 0.2) is 27.6 Å². The molecule has 0 spiro atoms. The van der Waals surface area contributed by atoms with Crippen LogP contribution in [0.5, 0.6) is 0 Å². The molecule has 0 aromatic carbocycles. The molecule has 0 unspecified atom stereocenters. The highest BCUT2D eigenvalue weighted by Gasteiger charge is 2.26. The Labute approximate surface area is 98.8 Å². The topological polar surface area (TPSA) is 39.4 Å². The van der Waals surface area contributed by atoms with Gasteiger partial charge in [0, 0.05) is 12.1 Å². The Balaban J connectivity index is 2.81. The van der Waals surface area contributed by atoms with E-state index in [-0.39, 0.29) is 10.5 Å². The van der Waals surface area contributed by atoms with E-state index >= 15 is 0 Å². The van der Waals surface area contributed by atoms with Gasteiger partial charge < -0.3 is 8.84 Å². The molecule has 0 aliphatic rings. The zero-order chi connectivity index (χ0) is 12.4. The molecule has 0 N–H and O–H groups in total. The molecule has 0 aliphatic heterocycles. The van der Waals surface area contributed by atoms with Gasteiger partial charge in [-0.1, -0.05) is 20.8 Å². The summed E-state index contributed by atoms with van der Waals surface area (Å²) in [6, 6.07) is 2.90. The van der Waals surface area contributed by atoms with Crippen LogP contribution in [0, 0.1) is 0 Å². The van der Waals surface area contributed by atoms with Gasteiger partial charge >= 0.3 is 0 Å². The molecule has 0 amide bonds. The van der Waals surface area contributed by atoms with E-state index in [0.717, 1.165) is 0 Å². The molecule has 0 fully saturated rings. The van der Waals surface area contributed by atoms with Crippen molar-refractivity contribution in [2.45, 2.75) is 45.3 Å². The van der Waals surface area contributed by atoms with Gasteiger partial charge in [-0.15, -0.1) is 0 Å². The van der Waals surface area contributed by atoms with E-state index in [9.17, 15) is 4.79 Å². The zero-order valence-electron chi connectivity index (χ0n) is 10.7. The monoisotopic (exact) mass is 240 g/mol. The van der Waals surface area contributed by atoms with Crippen LogP contribution in [0.4, 0.5) is 0 Å². The summed E-state index contributed by atoms with van der Waals surface area (Å²) in [5.41, 5.74) is -0.560. The second-order valence-corrected chi connectivity index (χ2v) is 8.39. The zero-order valence-corrected chi connectivity index (χ0v) is 12.1. The predicted octanol–water partition coefficient (Wildman–Crippen LogP) is 2.19. The maximum atomic E-state index is 11.2. The van der Waals surface area contributed by atoms with Crippen molar-refractivity contribution in [2.24, 2.45) is 0 Å². The lowest BCUT2D eigenvalue weighted by Crippen LogP contribution is -2.28. The summed E-state index contributed by atoms with van der Waals surface area (Å²) in [5, 5.41) is 0.229. The average molecular weight is 240 g/mol. The molecule has 0 bridgehead atoms. The Morgan fingerprint density at radius 2 is 1.88 bits per heavy atom. The van der Waals surface area contributed by atoms with E-state index in [0.29, 0.717) is 5.76 Å². The van der Waals surface area contributed by atoms with Crippen LogP contribution in [0.25, 0.3) is 0 Å². The molecule has 0 aliphatic carbocycles. The Morgan fingerprint density at radius 3 is 2.38 bits per heavy atom. The van der Waals surface area contributed by atoms with E-state index in [4.69, 9.17) is 8.84 Å². The van der Waals surface area contributed by atoms with Crippen molar-refractivity contribution >= 4 is 9.76 Å². The van der Waals surface area contributed by atoms with Crippen molar-refractivity contribution in [3.05, 3.63) is 34.4 Å². The lowest BCUT2D eigenvalue weighted by atomic mass is 10.1. The summed E-state index contributed by atoms with van der Waals surface area (Å²) in [7, 11) is -0.673. The predicted molar refractivity (Wildman–Crippen MR) is 67.3 cm³/mol. The maximum Gasteiger partial charge on any atom is 0.185 e. The fourth-order valence-electron chi connectivity index (χ4n) is 1.17. The van der Waals surface area contributed by atoms with Gasteiger partial charge in [-0.2, -0.15) is 0 Å². The maximum absolute atomic E-state index is 11.2. The van der Waals surface area contributed by atoms with Gasteiger partial charge in [0.1, 0.15) is 11.4 Å². The van der Waals surface area contributed by atoms with Crippen LogP contribution >= 0.6 is 0 Å². The standard InChI is InChI=1S/C12H20O3Si/c1-11(2,3)16-15-12(4,5)10-8-9(13)6-7-14-10/h6-8H,16H2,1-5H3. The minimum Gasteiger partial charge on any atom is -0.466 e. The molecule has 1 heterocycles. The summed E-state index contributed by atoms with van der Waals surface area (Å²) in [5.74, 6) is 0.594. The molecule has 4 heteroatoms. The summed E-state index contributed by atoms with van der Waals surface area (Å²) >= 11 is 0. The molecule has 3 nitrogen and oxygen atoms in total. The highest BCUT2D eigenvalue weighted by Crippen LogP contribution is 2.28. The number of hydrogen-bond acceptors (Lipinski definition) is 3. The summed E-state index contributed by atoms with van der Waals surface area (Å²) in [6.45, 7) is 10.4. The Kier molecular flexibility index (Phi) is 3.75. The van der Waals surface area contributed by atoms with Gasteiger partial charge in [0.25, 0.3) is 0 Å². The third kappa shape index (κ3) is 3.94.